The fourth-order valence-electron chi connectivity index (χ4n) is 2.73. The highest BCUT2D eigenvalue weighted by Crippen LogP contribution is 2.38. The average molecular weight is 272 g/mol. The van der Waals surface area contributed by atoms with Gasteiger partial charge in [-0.15, -0.1) is 11.3 Å². The molecule has 2 rings (SSSR count). The van der Waals surface area contributed by atoms with Crippen LogP contribution in [0.2, 0.25) is 5.02 Å². The molecule has 1 saturated carbocycles. The maximum atomic E-state index is 6.27. The van der Waals surface area contributed by atoms with Gasteiger partial charge in [0.2, 0.25) is 0 Å². The molecule has 0 amide bonds. The average Bonchev–Trinajstić information content (AvgIpc) is 2.63. The van der Waals surface area contributed by atoms with Gasteiger partial charge in [-0.3, -0.25) is 0 Å². The number of hydrogen-bond donors (Lipinski definition) is 1. The van der Waals surface area contributed by atoms with Gasteiger partial charge in [0, 0.05) is 10.9 Å². The predicted molar refractivity (Wildman–Crippen MR) is 77.2 cm³/mol. The lowest BCUT2D eigenvalue weighted by atomic mass is 9.96. The molecule has 0 radical (unpaired) electrons. The molecule has 1 heterocycles. The van der Waals surface area contributed by atoms with E-state index in [2.05, 4.69) is 17.6 Å². The summed E-state index contributed by atoms with van der Waals surface area (Å²) in [6, 6.07) is 2.74. The topological polar surface area (TPSA) is 12.0 Å². The Morgan fingerprint density at radius 1 is 1.41 bits per heavy atom. The van der Waals surface area contributed by atoms with Gasteiger partial charge in [0.15, 0.2) is 0 Å². The first-order valence-electron chi connectivity index (χ1n) is 6.77. The predicted octanol–water partition coefficient (Wildman–Crippen LogP) is 4.82. The summed E-state index contributed by atoms with van der Waals surface area (Å²) in [5.41, 5.74) is 0. The van der Waals surface area contributed by atoms with Gasteiger partial charge in [-0.2, -0.15) is 0 Å². The monoisotopic (exact) mass is 271 g/mol. The number of rotatable bonds is 4. The molecule has 17 heavy (non-hydrogen) atoms. The van der Waals surface area contributed by atoms with Crippen molar-refractivity contribution in [1.82, 2.24) is 5.32 Å². The third kappa shape index (κ3) is 3.70. The summed E-state index contributed by atoms with van der Waals surface area (Å²) in [5, 5.41) is 6.79. The lowest BCUT2D eigenvalue weighted by Gasteiger charge is -2.20. The van der Waals surface area contributed by atoms with Crippen molar-refractivity contribution in [3.63, 3.8) is 0 Å². The van der Waals surface area contributed by atoms with Crippen LogP contribution in [0.5, 0.6) is 0 Å². The maximum Gasteiger partial charge on any atom is 0.0547 e. The molecular formula is C14H22ClNS. The van der Waals surface area contributed by atoms with Gasteiger partial charge in [-0.25, -0.2) is 0 Å². The first kappa shape index (κ1) is 13.4. The van der Waals surface area contributed by atoms with Gasteiger partial charge in [0.1, 0.15) is 0 Å². The van der Waals surface area contributed by atoms with Crippen LogP contribution in [0.1, 0.15) is 56.2 Å². The van der Waals surface area contributed by atoms with Crippen molar-refractivity contribution in [3.8, 4) is 0 Å². The van der Waals surface area contributed by atoms with Gasteiger partial charge in [-0.1, -0.05) is 31.4 Å². The van der Waals surface area contributed by atoms with Crippen molar-refractivity contribution in [2.45, 2.75) is 57.4 Å². The Kier molecular flexibility index (Phi) is 5.33. The van der Waals surface area contributed by atoms with Crippen LogP contribution < -0.4 is 5.32 Å². The molecule has 1 nitrogen and oxygen atoms in total. The van der Waals surface area contributed by atoms with E-state index in [0.717, 1.165) is 11.6 Å². The summed E-state index contributed by atoms with van der Waals surface area (Å²) >= 11 is 8.10. The van der Waals surface area contributed by atoms with E-state index in [1.807, 2.05) is 17.4 Å². The molecule has 1 aromatic rings. The minimum atomic E-state index is 0.680. The van der Waals surface area contributed by atoms with Gasteiger partial charge in [0.25, 0.3) is 0 Å². The molecule has 0 spiro atoms. The Morgan fingerprint density at radius 3 is 2.94 bits per heavy atom. The summed E-state index contributed by atoms with van der Waals surface area (Å²) in [4.78, 5) is 1.41. The molecule has 1 aromatic heterocycles. The quantitative estimate of drug-likeness (QED) is 0.775. The fourth-order valence-corrected chi connectivity index (χ4v) is 4.09. The number of halogens is 1. The summed E-state index contributed by atoms with van der Waals surface area (Å²) < 4.78 is 0. The number of nitrogens with one attached hydrogen (secondary N) is 1. The molecular weight excluding hydrogens is 250 g/mol. The van der Waals surface area contributed by atoms with E-state index in [0.29, 0.717) is 12.0 Å². The third-order valence-electron chi connectivity index (χ3n) is 3.62. The van der Waals surface area contributed by atoms with Crippen molar-refractivity contribution in [1.29, 1.82) is 0 Å². The van der Waals surface area contributed by atoms with Crippen LogP contribution in [0.3, 0.4) is 0 Å². The molecule has 96 valence electrons. The molecule has 1 N–H and O–H groups in total. The van der Waals surface area contributed by atoms with E-state index >= 15 is 0 Å². The molecule has 1 aliphatic rings. The molecule has 0 aliphatic heterocycles. The van der Waals surface area contributed by atoms with E-state index in [1.165, 1.54) is 43.4 Å². The molecule has 1 fully saturated rings. The van der Waals surface area contributed by atoms with Crippen LogP contribution in [-0.2, 0) is 0 Å². The summed E-state index contributed by atoms with van der Waals surface area (Å²) in [6.45, 7) is 3.38. The third-order valence-corrected chi connectivity index (χ3v) is 5.14. The Hall–Kier alpha value is -0.0500. The molecule has 2 unspecified atom stereocenters. The molecule has 0 saturated heterocycles. The standard InChI is InChI=1S/C14H22ClNS/c1-2-8-16-12-6-4-3-5-11(10-12)14-13(15)7-9-17-14/h7,9,11-12,16H,2-6,8,10H2,1H3. The van der Waals surface area contributed by atoms with Crippen LogP contribution in [0.25, 0.3) is 0 Å². The minimum absolute atomic E-state index is 0.680. The van der Waals surface area contributed by atoms with Crippen LogP contribution in [0, 0.1) is 0 Å². The highest BCUT2D eigenvalue weighted by Gasteiger charge is 2.23. The van der Waals surface area contributed by atoms with E-state index in [-0.39, 0.29) is 0 Å². The van der Waals surface area contributed by atoms with E-state index < -0.39 is 0 Å². The molecule has 0 aromatic carbocycles. The molecule has 1 aliphatic carbocycles. The normalized spacial score (nSPS) is 25.8. The first-order chi connectivity index (χ1) is 8.31. The zero-order chi connectivity index (χ0) is 12.1. The van der Waals surface area contributed by atoms with Crippen molar-refractivity contribution < 1.29 is 0 Å². The molecule has 2 atom stereocenters. The van der Waals surface area contributed by atoms with E-state index in [1.54, 1.807) is 0 Å². The largest absolute Gasteiger partial charge is 0.314 e. The lowest BCUT2D eigenvalue weighted by molar-refractivity contribution is 0.441. The van der Waals surface area contributed by atoms with Crippen LogP contribution >= 0.6 is 22.9 Å². The van der Waals surface area contributed by atoms with Crippen LogP contribution in [0.4, 0.5) is 0 Å². The zero-order valence-corrected chi connectivity index (χ0v) is 12.1. The smallest absolute Gasteiger partial charge is 0.0547 e. The Balaban J connectivity index is 1.99. The lowest BCUT2D eigenvalue weighted by Crippen LogP contribution is -2.30. The van der Waals surface area contributed by atoms with Crippen molar-refractivity contribution >= 4 is 22.9 Å². The van der Waals surface area contributed by atoms with Crippen molar-refractivity contribution in [2.24, 2.45) is 0 Å². The number of thiophene rings is 1. The highest BCUT2D eigenvalue weighted by molar-refractivity contribution is 7.10. The second kappa shape index (κ2) is 6.77. The van der Waals surface area contributed by atoms with Gasteiger partial charge in [0.05, 0.1) is 5.02 Å². The summed E-state index contributed by atoms with van der Waals surface area (Å²) in [6.07, 6.45) is 7.84. The van der Waals surface area contributed by atoms with Crippen molar-refractivity contribution in [2.75, 3.05) is 6.54 Å². The Morgan fingerprint density at radius 2 is 2.24 bits per heavy atom. The van der Waals surface area contributed by atoms with E-state index in [9.17, 15) is 0 Å². The minimum Gasteiger partial charge on any atom is -0.314 e. The molecule has 0 bridgehead atoms. The first-order valence-corrected chi connectivity index (χ1v) is 8.03. The molecule has 3 heteroatoms. The number of hydrogen-bond acceptors (Lipinski definition) is 2. The fraction of sp³-hybridized carbons (Fsp3) is 0.714. The van der Waals surface area contributed by atoms with Crippen molar-refractivity contribution in [3.05, 3.63) is 21.3 Å². The van der Waals surface area contributed by atoms with E-state index in [4.69, 9.17) is 11.6 Å². The second-order valence-electron chi connectivity index (χ2n) is 5.00. The highest BCUT2D eigenvalue weighted by atomic mass is 35.5. The maximum absolute atomic E-state index is 6.27. The SMILES string of the molecule is CCCNC1CCCCC(c2sccc2Cl)C1. The second-order valence-corrected chi connectivity index (χ2v) is 6.36. The van der Waals surface area contributed by atoms with Gasteiger partial charge < -0.3 is 5.32 Å². The summed E-state index contributed by atoms with van der Waals surface area (Å²) in [7, 11) is 0. The van der Waals surface area contributed by atoms with Gasteiger partial charge in [-0.05, 0) is 49.6 Å². The Labute approximate surface area is 114 Å². The van der Waals surface area contributed by atoms with Crippen LogP contribution in [0.15, 0.2) is 11.4 Å². The van der Waals surface area contributed by atoms with Gasteiger partial charge >= 0.3 is 0 Å². The zero-order valence-electron chi connectivity index (χ0n) is 10.5. The Bertz CT molecular complexity index is 337. The van der Waals surface area contributed by atoms with Crippen LogP contribution in [-0.4, -0.2) is 12.6 Å². The summed E-state index contributed by atoms with van der Waals surface area (Å²) in [5.74, 6) is 0.680.